The van der Waals surface area contributed by atoms with Gasteiger partial charge in [-0.25, -0.2) is 0 Å². The lowest BCUT2D eigenvalue weighted by Crippen LogP contribution is -2.34. The fourth-order valence-electron chi connectivity index (χ4n) is 2.79. The van der Waals surface area contributed by atoms with Gasteiger partial charge in [0.05, 0.1) is 16.1 Å². The molecule has 2 aromatic carbocycles. The first-order chi connectivity index (χ1) is 13.7. The fraction of sp³-hybridized carbons (Fsp3) is 0.350. The van der Waals surface area contributed by atoms with E-state index in [4.69, 9.17) is 11.6 Å². The number of rotatable bonds is 5. The van der Waals surface area contributed by atoms with Crippen molar-refractivity contribution in [3.05, 3.63) is 69.7 Å². The molecule has 0 saturated carbocycles. The molecule has 164 valence electrons. The van der Waals surface area contributed by atoms with Gasteiger partial charge in [0.2, 0.25) is 0 Å². The van der Waals surface area contributed by atoms with Crippen molar-refractivity contribution in [2.24, 2.45) is 0 Å². The van der Waals surface area contributed by atoms with Crippen molar-refractivity contribution >= 4 is 33.4 Å². The van der Waals surface area contributed by atoms with Gasteiger partial charge >= 0.3 is 12.4 Å². The Balaban J connectivity index is 2.26. The summed E-state index contributed by atoms with van der Waals surface area (Å²) < 4.78 is 78.2. The van der Waals surface area contributed by atoms with E-state index in [1.165, 1.54) is 7.05 Å². The van der Waals surface area contributed by atoms with Crippen LogP contribution < -0.4 is 0 Å². The van der Waals surface area contributed by atoms with Crippen molar-refractivity contribution in [3.8, 4) is 0 Å². The van der Waals surface area contributed by atoms with Gasteiger partial charge in [-0.05, 0) is 48.2 Å². The lowest BCUT2D eigenvalue weighted by molar-refractivity contribution is -0.143. The number of alkyl halides is 7. The van der Waals surface area contributed by atoms with Crippen LogP contribution >= 0.6 is 27.5 Å². The van der Waals surface area contributed by atoms with Gasteiger partial charge in [0.25, 0.3) is 5.91 Å². The van der Waals surface area contributed by atoms with Crippen LogP contribution in [0.3, 0.4) is 0 Å². The molecular formula is C20H17BrClF6NO. The summed E-state index contributed by atoms with van der Waals surface area (Å²) in [6.07, 6.45) is -9.67. The Labute approximate surface area is 182 Å². The summed E-state index contributed by atoms with van der Waals surface area (Å²) in [6, 6.07) is 7.85. The molecule has 2 unspecified atom stereocenters. The van der Waals surface area contributed by atoms with E-state index >= 15 is 0 Å². The topological polar surface area (TPSA) is 20.3 Å². The molecule has 0 radical (unpaired) electrons. The van der Waals surface area contributed by atoms with E-state index in [2.05, 4.69) is 15.9 Å². The largest absolute Gasteiger partial charge is 0.416 e. The van der Waals surface area contributed by atoms with Crippen LogP contribution in [0.4, 0.5) is 26.3 Å². The molecule has 0 aliphatic carbocycles. The lowest BCUT2D eigenvalue weighted by atomic mass is 9.97. The summed E-state index contributed by atoms with van der Waals surface area (Å²) in [7, 11) is 1.31. The second-order valence-electron chi connectivity index (χ2n) is 6.83. The zero-order chi connectivity index (χ0) is 22.9. The Morgan fingerprint density at radius 1 is 1.00 bits per heavy atom. The number of nitrogens with zero attached hydrogens (tertiary/aromatic N) is 1. The van der Waals surface area contributed by atoms with Crippen LogP contribution in [0.15, 0.2) is 42.5 Å². The molecule has 0 bridgehead atoms. The number of carbonyl (C=O) groups excluding carboxylic acids is 1. The third-order valence-electron chi connectivity index (χ3n) is 4.56. The minimum atomic E-state index is -5.02. The van der Waals surface area contributed by atoms with E-state index in [1.54, 1.807) is 24.3 Å². The Bertz CT molecular complexity index is 865. The van der Waals surface area contributed by atoms with Crippen LogP contribution in [0, 0.1) is 0 Å². The number of benzene rings is 2. The molecule has 0 fully saturated rings. The van der Waals surface area contributed by atoms with Crippen LogP contribution in [-0.4, -0.2) is 22.8 Å². The normalized spacial score (nSPS) is 14.3. The second kappa shape index (κ2) is 9.18. The lowest BCUT2D eigenvalue weighted by Gasteiger charge is -2.27. The number of carbonyl (C=O) groups is 1. The molecule has 0 spiro atoms. The highest BCUT2D eigenvalue weighted by Gasteiger charge is 2.38. The predicted octanol–water partition coefficient (Wildman–Crippen LogP) is 7.36. The minimum absolute atomic E-state index is 0.00892. The highest BCUT2D eigenvalue weighted by molar-refractivity contribution is 9.09. The third-order valence-corrected chi connectivity index (χ3v) is 5.80. The maximum atomic E-state index is 13.0. The zero-order valence-corrected chi connectivity index (χ0v) is 18.1. The summed E-state index contributed by atoms with van der Waals surface area (Å²) in [4.78, 5) is 13.1. The number of hydrogen-bond donors (Lipinski definition) is 0. The van der Waals surface area contributed by atoms with Crippen molar-refractivity contribution in [2.45, 2.75) is 36.6 Å². The summed E-state index contributed by atoms with van der Waals surface area (Å²) in [5.74, 6) is -1.02. The Kier molecular flexibility index (Phi) is 7.50. The van der Waals surface area contributed by atoms with Gasteiger partial charge in [-0.3, -0.25) is 4.79 Å². The molecule has 0 heterocycles. The minimum Gasteiger partial charge on any atom is -0.329 e. The maximum Gasteiger partial charge on any atom is 0.416 e. The Hall–Kier alpha value is -1.74. The van der Waals surface area contributed by atoms with Gasteiger partial charge in [-0.1, -0.05) is 46.6 Å². The molecule has 10 heteroatoms. The Morgan fingerprint density at radius 2 is 1.47 bits per heavy atom. The first-order valence-electron chi connectivity index (χ1n) is 8.66. The molecule has 2 rings (SSSR count). The van der Waals surface area contributed by atoms with E-state index in [9.17, 15) is 31.1 Å². The number of amides is 1. The molecule has 0 N–H and O–H groups in total. The summed E-state index contributed by atoms with van der Waals surface area (Å²) in [5.41, 5.74) is -2.84. The van der Waals surface area contributed by atoms with Crippen LogP contribution in [0.25, 0.3) is 0 Å². The summed E-state index contributed by atoms with van der Waals surface area (Å²) in [6.45, 7) is 1.88. The molecule has 2 aromatic rings. The van der Waals surface area contributed by atoms with Crippen molar-refractivity contribution in [3.63, 3.8) is 0 Å². The number of hydrogen-bond acceptors (Lipinski definition) is 1. The summed E-state index contributed by atoms with van der Waals surface area (Å²) >= 11 is 9.15. The van der Waals surface area contributed by atoms with Crippen LogP contribution in [-0.2, 0) is 12.4 Å². The van der Waals surface area contributed by atoms with Crippen molar-refractivity contribution in [1.29, 1.82) is 0 Å². The smallest absolute Gasteiger partial charge is 0.329 e. The van der Waals surface area contributed by atoms with E-state index in [1.807, 2.05) is 6.92 Å². The highest BCUT2D eigenvalue weighted by Crippen LogP contribution is 2.37. The number of halogens is 8. The van der Waals surface area contributed by atoms with E-state index < -0.39 is 39.9 Å². The van der Waals surface area contributed by atoms with Gasteiger partial charge in [0, 0.05) is 17.6 Å². The SMILES string of the molecule is CC(CC(Br)N(C)C(=O)c1cc(C(F)(F)F)cc(C(F)(F)F)c1)c1ccc(Cl)cc1. The predicted molar refractivity (Wildman–Crippen MR) is 106 cm³/mol. The molecule has 0 aromatic heterocycles. The molecular weight excluding hydrogens is 500 g/mol. The molecule has 2 atom stereocenters. The quantitative estimate of drug-likeness (QED) is 0.231. The Morgan fingerprint density at radius 3 is 1.90 bits per heavy atom. The maximum absolute atomic E-state index is 13.0. The molecule has 2 nitrogen and oxygen atoms in total. The van der Waals surface area contributed by atoms with E-state index in [0.717, 1.165) is 10.5 Å². The van der Waals surface area contributed by atoms with Crippen LogP contribution in [0.2, 0.25) is 5.02 Å². The average molecular weight is 517 g/mol. The zero-order valence-electron chi connectivity index (χ0n) is 15.8. The van der Waals surface area contributed by atoms with Crippen LogP contribution in [0.1, 0.15) is 46.3 Å². The van der Waals surface area contributed by atoms with Gasteiger partial charge < -0.3 is 4.90 Å². The van der Waals surface area contributed by atoms with Crippen molar-refractivity contribution < 1.29 is 31.1 Å². The average Bonchev–Trinajstić information content (AvgIpc) is 2.65. The van der Waals surface area contributed by atoms with Gasteiger partial charge in [0.1, 0.15) is 0 Å². The monoisotopic (exact) mass is 515 g/mol. The van der Waals surface area contributed by atoms with E-state index in [-0.39, 0.29) is 12.0 Å². The fourth-order valence-corrected chi connectivity index (χ4v) is 3.66. The molecule has 0 aliphatic rings. The first kappa shape index (κ1) is 24.5. The highest BCUT2D eigenvalue weighted by atomic mass is 79.9. The van der Waals surface area contributed by atoms with E-state index in [0.29, 0.717) is 23.6 Å². The molecule has 0 saturated heterocycles. The standard InChI is InChI=1S/C20H17BrClF6NO/c1-11(12-3-5-16(22)6-4-12)7-17(21)29(2)18(30)13-8-14(19(23,24)25)10-15(9-13)20(26,27)28/h3-6,8-11,17H,7H2,1-2H3. The van der Waals surface area contributed by atoms with Crippen molar-refractivity contribution in [1.82, 2.24) is 4.90 Å². The molecule has 30 heavy (non-hydrogen) atoms. The van der Waals surface area contributed by atoms with Crippen LogP contribution in [0.5, 0.6) is 0 Å². The first-order valence-corrected chi connectivity index (χ1v) is 9.95. The van der Waals surface area contributed by atoms with Gasteiger partial charge in [-0.15, -0.1) is 0 Å². The molecule has 0 aliphatic heterocycles. The summed E-state index contributed by atoms with van der Waals surface area (Å²) in [5, 5.41) is 0.554. The van der Waals surface area contributed by atoms with Gasteiger partial charge in [-0.2, -0.15) is 26.3 Å². The molecule has 1 amide bonds. The third kappa shape index (κ3) is 6.14. The van der Waals surface area contributed by atoms with Crippen molar-refractivity contribution in [2.75, 3.05) is 7.05 Å². The van der Waals surface area contributed by atoms with Gasteiger partial charge in [0.15, 0.2) is 0 Å². The second-order valence-corrected chi connectivity index (χ2v) is 8.33.